The molecule has 118 valence electrons. The number of fused-ring (bicyclic) bond motifs is 1. The zero-order chi connectivity index (χ0) is 16.4. The Bertz CT molecular complexity index is 843. The van der Waals surface area contributed by atoms with Crippen LogP contribution in [-0.4, -0.2) is 17.0 Å². The lowest BCUT2D eigenvalue weighted by molar-refractivity contribution is -0.122. The molecule has 5 heteroatoms. The zero-order valence-electron chi connectivity index (χ0n) is 13.3. The predicted molar refractivity (Wildman–Crippen MR) is 94.3 cm³/mol. The van der Waals surface area contributed by atoms with E-state index in [4.69, 9.17) is 4.74 Å². The highest BCUT2D eigenvalue weighted by Crippen LogP contribution is 2.29. The van der Waals surface area contributed by atoms with Crippen molar-refractivity contribution in [3.8, 4) is 5.75 Å². The van der Waals surface area contributed by atoms with Gasteiger partial charge in [0.15, 0.2) is 11.2 Å². The number of para-hydroxylation sites is 1. The fraction of sp³-hybridized carbons (Fsp3) is 0.222. The molecule has 0 spiro atoms. The number of benzene rings is 2. The van der Waals surface area contributed by atoms with Crippen molar-refractivity contribution in [1.29, 1.82) is 0 Å². The maximum absolute atomic E-state index is 12.3. The van der Waals surface area contributed by atoms with Crippen LogP contribution in [-0.2, 0) is 4.79 Å². The second-order valence-corrected chi connectivity index (χ2v) is 6.54. The van der Waals surface area contributed by atoms with E-state index in [1.807, 2.05) is 37.3 Å². The Morgan fingerprint density at radius 2 is 1.96 bits per heavy atom. The van der Waals surface area contributed by atoms with Gasteiger partial charge in [-0.25, -0.2) is 4.98 Å². The topological polar surface area (TPSA) is 51.2 Å². The largest absolute Gasteiger partial charge is 0.481 e. The van der Waals surface area contributed by atoms with E-state index in [0.717, 1.165) is 15.8 Å². The molecule has 0 fully saturated rings. The van der Waals surface area contributed by atoms with E-state index in [-0.39, 0.29) is 5.91 Å². The van der Waals surface area contributed by atoms with Crippen molar-refractivity contribution in [3.63, 3.8) is 0 Å². The van der Waals surface area contributed by atoms with Crippen molar-refractivity contribution in [2.24, 2.45) is 0 Å². The Hall–Kier alpha value is -2.40. The van der Waals surface area contributed by atoms with Crippen LogP contribution in [0, 0.1) is 13.8 Å². The van der Waals surface area contributed by atoms with Gasteiger partial charge in [-0.1, -0.05) is 35.6 Å². The monoisotopic (exact) mass is 326 g/mol. The van der Waals surface area contributed by atoms with Crippen LogP contribution < -0.4 is 10.1 Å². The zero-order valence-corrected chi connectivity index (χ0v) is 14.1. The summed E-state index contributed by atoms with van der Waals surface area (Å²) in [4.78, 5) is 16.8. The molecule has 1 aromatic heterocycles. The molecular weight excluding hydrogens is 308 g/mol. The number of hydrogen-bond acceptors (Lipinski definition) is 4. The number of aryl methyl sites for hydroxylation is 2. The first-order valence-electron chi connectivity index (χ1n) is 7.43. The molecule has 3 aromatic rings. The molecule has 0 unspecified atom stereocenters. The number of aromatic nitrogens is 1. The molecule has 1 atom stereocenters. The van der Waals surface area contributed by atoms with E-state index >= 15 is 0 Å². The highest BCUT2D eigenvalue weighted by Gasteiger charge is 2.17. The first-order valence-corrected chi connectivity index (χ1v) is 8.25. The molecule has 4 nitrogen and oxygen atoms in total. The lowest BCUT2D eigenvalue weighted by Crippen LogP contribution is -2.30. The molecule has 1 heterocycles. The minimum Gasteiger partial charge on any atom is -0.481 e. The molecule has 0 aliphatic carbocycles. The highest BCUT2D eigenvalue weighted by atomic mass is 32.1. The number of nitrogens with zero attached hydrogens (tertiary/aromatic N) is 1. The van der Waals surface area contributed by atoms with E-state index in [0.29, 0.717) is 10.9 Å². The summed E-state index contributed by atoms with van der Waals surface area (Å²) in [5, 5.41) is 3.44. The highest BCUT2D eigenvalue weighted by molar-refractivity contribution is 7.22. The van der Waals surface area contributed by atoms with Crippen LogP contribution in [0.5, 0.6) is 5.75 Å². The third-order valence-electron chi connectivity index (χ3n) is 3.49. The van der Waals surface area contributed by atoms with E-state index < -0.39 is 6.10 Å². The minimum absolute atomic E-state index is 0.206. The summed E-state index contributed by atoms with van der Waals surface area (Å²) in [6.07, 6.45) is -0.591. The summed E-state index contributed by atoms with van der Waals surface area (Å²) >= 11 is 1.48. The molecule has 23 heavy (non-hydrogen) atoms. The molecule has 0 saturated carbocycles. The van der Waals surface area contributed by atoms with Crippen LogP contribution in [0.2, 0.25) is 0 Å². The van der Waals surface area contributed by atoms with Crippen LogP contribution in [0.1, 0.15) is 18.1 Å². The average molecular weight is 326 g/mol. The molecular formula is C18H18N2O2S. The molecule has 0 radical (unpaired) electrons. The van der Waals surface area contributed by atoms with Gasteiger partial charge in [0.05, 0.1) is 10.2 Å². The number of amides is 1. The van der Waals surface area contributed by atoms with Crippen LogP contribution in [0.3, 0.4) is 0 Å². The number of carbonyl (C=O) groups excluding carboxylic acids is 1. The number of anilines is 1. The predicted octanol–water partition coefficient (Wildman–Crippen LogP) is 4.32. The first-order chi connectivity index (χ1) is 11.0. The van der Waals surface area contributed by atoms with Gasteiger partial charge in [-0.05, 0) is 50.1 Å². The average Bonchev–Trinajstić information content (AvgIpc) is 2.91. The number of rotatable bonds is 4. The lowest BCUT2D eigenvalue weighted by atomic mass is 10.1. The summed E-state index contributed by atoms with van der Waals surface area (Å²) in [5.74, 6) is 0.466. The maximum Gasteiger partial charge on any atom is 0.266 e. The van der Waals surface area contributed by atoms with Crippen molar-refractivity contribution >= 4 is 32.6 Å². The molecule has 0 aliphatic rings. The number of ether oxygens (including phenoxy) is 1. The van der Waals surface area contributed by atoms with Crippen molar-refractivity contribution in [2.45, 2.75) is 26.9 Å². The smallest absolute Gasteiger partial charge is 0.266 e. The van der Waals surface area contributed by atoms with Gasteiger partial charge in [-0.3, -0.25) is 10.1 Å². The summed E-state index contributed by atoms with van der Waals surface area (Å²) < 4.78 is 6.71. The number of carbonyl (C=O) groups is 1. The second kappa shape index (κ2) is 6.38. The second-order valence-electron chi connectivity index (χ2n) is 5.51. The summed E-state index contributed by atoms with van der Waals surface area (Å²) in [7, 11) is 0. The van der Waals surface area contributed by atoms with Gasteiger partial charge in [0.2, 0.25) is 0 Å². The van der Waals surface area contributed by atoms with E-state index in [9.17, 15) is 4.79 Å². The maximum atomic E-state index is 12.3. The molecule has 2 aromatic carbocycles. The van der Waals surface area contributed by atoms with Gasteiger partial charge in [0.25, 0.3) is 5.91 Å². The van der Waals surface area contributed by atoms with Crippen molar-refractivity contribution in [2.75, 3.05) is 5.32 Å². The van der Waals surface area contributed by atoms with Gasteiger partial charge < -0.3 is 4.74 Å². The number of nitrogens with one attached hydrogen (secondary N) is 1. The lowest BCUT2D eigenvalue weighted by Gasteiger charge is -2.13. The molecule has 3 rings (SSSR count). The Morgan fingerprint density at radius 1 is 1.22 bits per heavy atom. The summed E-state index contributed by atoms with van der Waals surface area (Å²) in [6, 6.07) is 13.5. The minimum atomic E-state index is -0.591. The van der Waals surface area contributed by atoms with Gasteiger partial charge in [0.1, 0.15) is 5.75 Å². The summed E-state index contributed by atoms with van der Waals surface area (Å²) in [6.45, 7) is 5.81. The summed E-state index contributed by atoms with van der Waals surface area (Å²) in [5.41, 5.74) is 3.25. The fourth-order valence-corrected chi connectivity index (χ4v) is 3.43. The van der Waals surface area contributed by atoms with Gasteiger partial charge >= 0.3 is 0 Å². The van der Waals surface area contributed by atoms with Crippen LogP contribution in [0.15, 0.2) is 42.5 Å². The molecule has 1 amide bonds. The molecule has 0 aliphatic heterocycles. The van der Waals surface area contributed by atoms with Crippen molar-refractivity contribution < 1.29 is 9.53 Å². The van der Waals surface area contributed by atoms with Gasteiger partial charge in [-0.15, -0.1) is 0 Å². The molecule has 0 saturated heterocycles. The molecule has 0 bridgehead atoms. The van der Waals surface area contributed by atoms with Crippen LogP contribution in [0.25, 0.3) is 10.2 Å². The number of thiazole rings is 1. The van der Waals surface area contributed by atoms with E-state index in [1.54, 1.807) is 6.92 Å². The molecule has 1 N–H and O–H groups in total. The Morgan fingerprint density at radius 3 is 2.70 bits per heavy atom. The third kappa shape index (κ3) is 3.51. The Labute approximate surface area is 139 Å². The van der Waals surface area contributed by atoms with E-state index in [1.165, 1.54) is 16.9 Å². The number of hydrogen-bond donors (Lipinski definition) is 1. The van der Waals surface area contributed by atoms with E-state index in [2.05, 4.69) is 29.4 Å². The van der Waals surface area contributed by atoms with Crippen molar-refractivity contribution in [3.05, 3.63) is 53.6 Å². The third-order valence-corrected chi connectivity index (χ3v) is 4.40. The standard InChI is InChI=1S/C18H18N2O2S/c1-11-9-12(2)16-15(10-11)23-18(19-16)20-17(21)13(3)22-14-7-5-4-6-8-14/h4-10,13H,1-3H3,(H,19,20,21)/t13-/m0/s1. The quantitative estimate of drug-likeness (QED) is 0.777. The first kappa shape index (κ1) is 15.5. The fourth-order valence-electron chi connectivity index (χ4n) is 2.39. The van der Waals surface area contributed by atoms with Crippen LogP contribution >= 0.6 is 11.3 Å². The Balaban J connectivity index is 1.73. The van der Waals surface area contributed by atoms with Crippen LogP contribution in [0.4, 0.5) is 5.13 Å². The van der Waals surface area contributed by atoms with Gasteiger partial charge in [-0.2, -0.15) is 0 Å². The van der Waals surface area contributed by atoms with Crippen molar-refractivity contribution in [1.82, 2.24) is 4.98 Å². The SMILES string of the molecule is Cc1cc(C)c2nc(NC(=O)[C@H](C)Oc3ccccc3)sc2c1. The normalized spacial score (nSPS) is 12.1. The van der Waals surface area contributed by atoms with Gasteiger partial charge in [0, 0.05) is 0 Å². The Kier molecular flexibility index (Phi) is 4.30.